The first kappa shape index (κ1) is 15.8. The van der Waals surface area contributed by atoms with Crippen LogP contribution in [0.4, 0.5) is 0 Å². The minimum absolute atomic E-state index is 0.274. The third-order valence-electron chi connectivity index (χ3n) is 3.30. The van der Waals surface area contributed by atoms with Gasteiger partial charge in [0.1, 0.15) is 5.82 Å². The summed E-state index contributed by atoms with van der Waals surface area (Å²) in [7, 11) is 0. The highest BCUT2D eigenvalue weighted by Gasteiger charge is 2.10. The van der Waals surface area contributed by atoms with E-state index in [4.69, 9.17) is 21.6 Å². The van der Waals surface area contributed by atoms with Crippen LogP contribution in [0.5, 0.6) is 0 Å². The van der Waals surface area contributed by atoms with Crippen molar-refractivity contribution >= 4 is 22.6 Å². The number of hydrogen-bond acceptors (Lipinski definition) is 3. The molecular weight excluding hydrogens is 286 g/mol. The molecule has 0 saturated carbocycles. The molecule has 5 heteroatoms. The van der Waals surface area contributed by atoms with Crippen molar-refractivity contribution in [3.8, 4) is 6.07 Å². The summed E-state index contributed by atoms with van der Waals surface area (Å²) in [5, 5.41) is 9.03. The van der Waals surface area contributed by atoms with E-state index < -0.39 is 0 Å². The first-order chi connectivity index (χ1) is 10.2. The summed E-state index contributed by atoms with van der Waals surface area (Å²) in [4.78, 5) is 4.52. The second-order valence-electron chi connectivity index (χ2n) is 5.26. The fourth-order valence-corrected chi connectivity index (χ4v) is 2.49. The van der Waals surface area contributed by atoms with E-state index in [9.17, 15) is 0 Å². The zero-order valence-corrected chi connectivity index (χ0v) is 13.2. The summed E-state index contributed by atoms with van der Waals surface area (Å²) < 4.78 is 7.66. The molecule has 0 N–H and O–H groups in total. The zero-order valence-electron chi connectivity index (χ0n) is 12.5. The monoisotopic (exact) mass is 305 g/mol. The number of benzene rings is 1. The van der Waals surface area contributed by atoms with Gasteiger partial charge < -0.3 is 9.30 Å². The van der Waals surface area contributed by atoms with Gasteiger partial charge in [0.15, 0.2) is 0 Å². The SMILES string of the molecule is CC(C)OCCCCn1c(CCl)nc2ccc(C#N)cc21. The van der Waals surface area contributed by atoms with Gasteiger partial charge in [-0.3, -0.25) is 0 Å². The number of ether oxygens (including phenoxy) is 1. The maximum Gasteiger partial charge on any atom is 0.124 e. The number of nitrogens with zero attached hydrogens (tertiary/aromatic N) is 3. The van der Waals surface area contributed by atoms with Crippen molar-refractivity contribution in [3.63, 3.8) is 0 Å². The molecule has 0 saturated heterocycles. The molecule has 0 unspecified atom stereocenters. The van der Waals surface area contributed by atoms with Crippen LogP contribution in [-0.4, -0.2) is 22.3 Å². The number of hydrogen-bond donors (Lipinski definition) is 0. The maximum atomic E-state index is 9.03. The fourth-order valence-electron chi connectivity index (χ4n) is 2.28. The minimum Gasteiger partial charge on any atom is -0.379 e. The van der Waals surface area contributed by atoms with Crippen LogP contribution < -0.4 is 0 Å². The van der Waals surface area contributed by atoms with Crippen molar-refractivity contribution in [2.45, 2.75) is 45.2 Å². The number of imidazole rings is 1. The molecule has 0 aliphatic rings. The number of unbranched alkanes of at least 4 members (excludes halogenated alkanes) is 1. The second kappa shape index (κ2) is 7.44. The molecule has 0 radical (unpaired) electrons. The van der Waals surface area contributed by atoms with Crippen LogP contribution in [0.15, 0.2) is 18.2 Å². The molecule has 0 aliphatic heterocycles. The molecule has 2 aromatic rings. The standard InChI is InChI=1S/C16H20ClN3O/c1-12(2)21-8-4-3-7-20-15-9-13(11-18)5-6-14(15)19-16(20)10-17/h5-6,9,12H,3-4,7-8,10H2,1-2H3. The number of aryl methyl sites for hydroxylation is 1. The van der Waals surface area contributed by atoms with Crippen molar-refractivity contribution in [2.75, 3.05) is 6.61 Å². The number of halogens is 1. The van der Waals surface area contributed by atoms with E-state index in [1.54, 1.807) is 6.07 Å². The van der Waals surface area contributed by atoms with Crippen LogP contribution in [0.3, 0.4) is 0 Å². The van der Waals surface area contributed by atoms with Crippen molar-refractivity contribution < 1.29 is 4.74 Å². The van der Waals surface area contributed by atoms with E-state index in [2.05, 4.69) is 15.6 Å². The van der Waals surface area contributed by atoms with Gasteiger partial charge >= 0.3 is 0 Å². The van der Waals surface area contributed by atoms with E-state index in [-0.39, 0.29) is 6.10 Å². The normalized spacial score (nSPS) is 11.2. The Labute approximate surface area is 130 Å². The van der Waals surface area contributed by atoms with E-state index in [1.165, 1.54) is 0 Å². The molecule has 0 amide bonds. The second-order valence-corrected chi connectivity index (χ2v) is 5.52. The van der Waals surface area contributed by atoms with Gasteiger partial charge in [0.25, 0.3) is 0 Å². The lowest BCUT2D eigenvalue weighted by Gasteiger charge is -2.09. The Morgan fingerprint density at radius 2 is 2.19 bits per heavy atom. The van der Waals surface area contributed by atoms with Gasteiger partial charge in [-0.1, -0.05) is 0 Å². The summed E-state index contributed by atoms with van der Waals surface area (Å²) in [6.07, 6.45) is 2.27. The number of aromatic nitrogens is 2. The molecule has 0 atom stereocenters. The summed E-state index contributed by atoms with van der Waals surface area (Å²) >= 11 is 5.99. The highest BCUT2D eigenvalue weighted by molar-refractivity contribution is 6.16. The largest absolute Gasteiger partial charge is 0.379 e. The van der Waals surface area contributed by atoms with E-state index in [0.717, 1.165) is 42.9 Å². The average Bonchev–Trinajstić information content (AvgIpc) is 2.83. The predicted molar refractivity (Wildman–Crippen MR) is 84.3 cm³/mol. The van der Waals surface area contributed by atoms with Crippen molar-refractivity contribution in [2.24, 2.45) is 0 Å². The van der Waals surface area contributed by atoms with Gasteiger partial charge in [0, 0.05) is 13.2 Å². The van der Waals surface area contributed by atoms with Crippen molar-refractivity contribution in [1.29, 1.82) is 5.26 Å². The van der Waals surface area contributed by atoms with Crippen LogP contribution in [0.25, 0.3) is 11.0 Å². The third-order valence-corrected chi connectivity index (χ3v) is 3.54. The highest BCUT2D eigenvalue weighted by Crippen LogP contribution is 2.20. The smallest absolute Gasteiger partial charge is 0.124 e. The lowest BCUT2D eigenvalue weighted by atomic mass is 10.2. The summed E-state index contributed by atoms with van der Waals surface area (Å²) in [6, 6.07) is 7.71. The first-order valence-corrected chi connectivity index (χ1v) is 7.76. The van der Waals surface area contributed by atoms with Crippen LogP contribution in [-0.2, 0) is 17.2 Å². The van der Waals surface area contributed by atoms with Crippen LogP contribution >= 0.6 is 11.6 Å². The maximum absolute atomic E-state index is 9.03. The number of nitriles is 1. The Kier molecular flexibility index (Phi) is 5.60. The third kappa shape index (κ3) is 3.96. The minimum atomic E-state index is 0.274. The van der Waals surface area contributed by atoms with Gasteiger partial charge in [-0.2, -0.15) is 5.26 Å². The quantitative estimate of drug-likeness (QED) is 0.576. The Morgan fingerprint density at radius 1 is 1.38 bits per heavy atom. The van der Waals surface area contributed by atoms with E-state index in [0.29, 0.717) is 11.4 Å². The highest BCUT2D eigenvalue weighted by atomic mass is 35.5. The molecule has 1 heterocycles. The Hall–Kier alpha value is -1.57. The molecule has 4 nitrogen and oxygen atoms in total. The average molecular weight is 306 g/mol. The summed E-state index contributed by atoms with van der Waals surface area (Å²) in [5.74, 6) is 1.23. The molecule has 1 aromatic carbocycles. The molecule has 0 bridgehead atoms. The summed E-state index contributed by atoms with van der Waals surface area (Å²) in [6.45, 7) is 5.69. The van der Waals surface area contributed by atoms with Crippen LogP contribution in [0.2, 0.25) is 0 Å². The molecule has 112 valence electrons. The molecule has 0 aliphatic carbocycles. The van der Waals surface area contributed by atoms with Crippen LogP contribution in [0, 0.1) is 11.3 Å². The van der Waals surface area contributed by atoms with Gasteiger partial charge in [-0.05, 0) is 44.9 Å². The van der Waals surface area contributed by atoms with E-state index in [1.807, 2.05) is 26.0 Å². The molecular formula is C16H20ClN3O. The lowest BCUT2D eigenvalue weighted by molar-refractivity contribution is 0.0754. The van der Waals surface area contributed by atoms with Crippen LogP contribution in [0.1, 0.15) is 38.1 Å². The Morgan fingerprint density at radius 3 is 2.86 bits per heavy atom. The number of alkyl halides is 1. The zero-order chi connectivity index (χ0) is 15.2. The topological polar surface area (TPSA) is 50.8 Å². The van der Waals surface area contributed by atoms with Gasteiger partial charge in [0.05, 0.1) is 34.7 Å². The van der Waals surface area contributed by atoms with Gasteiger partial charge in [-0.15, -0.1) is 11.6 Å². The predicted octanol–water partition coefficient (Wildman–Crippen LogP) is 3.85. The number of fused-ring (bicyclic) bond motifs is 1. The van der Waals surface area contributed by atoms with Crippen molar-refractivity contribution in [1.82, 2.24) is 9.55 Å². The fraction of sp³-hybridized carbons (Fsp3) is 0.500. The molecule has 0 spiro atoms. The first-order valence-electron chi connectivity index (χ1n) is 7.22. The molecule has 2 rings (SSSR count). The molecule has 21 heavy (non-hydrogen) atoms. The van der Waals surface area contributed by atoms with Gasteiger partial charge in [0.2, 0.25) is 0 Å². The number of rotatable bonds is 7. The summed E-state index contributed by atoms with van der Waals surface area (Å²) in [5.41, 5.74) is 2.52. The Balaban J connectivity index is 2.11. The lowest BCUT2D eigenvalue weighted by Crippen LogP contribution is -2.07. The van der Waals surface area contributed by atoms with E-state index >= 15 is 0 Å². The Bertz CT molecular complexity index is 643. The molecule has 1 aromatic heterocycles. The van der Waals surface area contributed by atoms with Crippen molar-refractivity contribution in [3.05, 3.63) is 29.6 Å². The molecule has 0 fully saturated rings. The van der Waals surface area contributed by atoms with Gasteiger partial charge in [-0.25, -0.2) is 4.98 Å².